The molecule has 82 valence electrons. The molecule has 0 bridgehead atoms. The lowest BCUT2D eigenvalue weighted by atomic mass is 10.0. The number of aliphatic imine (C=N–C) groups is 1. The van der Waals surface area contributed by atoms with Crippen LogP contribution in [0, 0.1) is 0 Å². The number of amidine groups is 1. The number of hydrogen-bond acceptors (Lipinski definition) is 4. The van der Waals surface area contributed by atoms with Gasteiger partial charge in [-0.2, -0.15) is 0 Å². The molecule has 0 unspecified atom stereocenters. The lowest BCUT2D eigenvalue weighted by Gasteiger charge is -2.26. The summed E-state index contributed by atoms with van der Waals surface area (Å²) in [5.74, 6) is 0. The van der Waals surface area contributed by atoms with Gasteiger partial charge in [-0.25, -0.2) is 0 Å². The fourth-order valence-electron chi connectivity index (χ4n) is 1.91. The number of carbonyl (C=O) groups is 1. The van der Waals surface area contributed by atoms with E-state index in [0.717, 1.165) is 35.9 Å². The summed E-state index contributed by atoms with van der Waals surface area (Å²) in [5.41, 5.74) is 2.01. The predicted molar refractivity (Wildman–Crippen MR) is 66.3 cm³/mol. The summed E-state index contributed by atoms with van der Waals surface area (Å²) in [5, 5.41) is 0.518. The molecule has 1 aliphatic carbocycles. The van der Waals surface area contributed by atoms with Crippen LogP contribution in [-0.2, 0) is 4.79 Å². The van der Waals surface area contributed by atoms with E-state index in [0.29, 0.717) is 4.91 Å². The Labute approximate surface area is 103 Å². The highest BCUT2D eigenvalue weighted by molar-refractivity contribution is 8.18. The molecule has 0 fully saturated rings. The van der Waals surface area contributed by atoms with Crippen molar-refractivity contribution in [1.82, 2.24) is 4.90 Å². The topological polar surface area (TPSA) is 32.7 Å². The molecule has 16 heavy (non-hydrogen) atoms. The van der Waals surface area contributed by atoms with Crippen LogP contribution in [0.5, 0.6) is 0 Å². The summed E-state index contributed by atoms with van der Waals surface area (Å²) in [7, 11) is 0. The van der Waals surface area contributed by atoms with Gasteiger partial charge in [0.15, 0.2) is 5.17 Å². The van der Waals surface area contributed by atoms with Gasteiger partial charge in [-0.3, -0.25) is 9.79 Å². The average molecular weight is 253 g/mol. The van der Waals surface area contributed by atoms with Gasteiger partial charge in [0.2, 0.25) is 0 Å². The first-order valence-electron chi connectivity index (χ1n) is 5.10. The van der Waals surface area contributed by atoms with Crippen molar-refractivity contribution in [3.8, 4) is 0 Å². The maximum atomic E-state index is 11.4. The highest BCUT2D eigenvalue weighted by Crippen LogP contribution is 2.41. The van der Waals surface area contributed by atoms with Gasteiger partial charge in [0.1, 0.15) is 0 Å². The van der Waals surface area contributed by atoms with E-state index in [4.69, 9.17) is 11.6 Å². The molecule has 0 saturated heterocycles. The van der Waals surface area contributed by atoms with Gasteiger partial charge in [0, 0.05) is 13.1 Å². The number of allylic oxidation sites excluding steroid dienone is 4. The second kappa shape index (κ2) is 3.79. The van der Waals surface area contributed by atoms with Gasteiger partial charge in [-0.15, -0.1) is 0 Å². The molecular formula is C11H9ClN2OS. The molecule has 3 aliphatic rings. The minimum Gasteiger partial charge on any atom is -0.319 e. The third-order valence-electron chi connectivity index (χ3n) is 2.70. The van der Waals surface area contributed by atoms with Gasteiger partial charge in [-0.05, 0) is 35.4 Å². The highest BCUT2D eigenvalue weighted by atomic mass is 35.5. The molecule has 0 saturated carbocycles. The summed E-state index contributed by atoms with van der Waals surface area (Å²) in [6.45, 7) is 1.75. The van der Waals surface area contributed by atoms with Gasteiger partial charge in [0.25, 0.3) is 5.24 Å². The van der Waals surface area contributed by atoms with Crippen molar-refractivity contribution in [3.63, 3.8) is 0 Å². The first-order valence-corrected chi connectivity index (χ1v) is 6.29. The Bertz CT molecular complexity index is 490. The van der Waals surface area contributed by atoms with Gasteiger partial charge < -0.3 is 4.90 Å². The number of rotatable bonds is 2. The Hall–Kier alpha value is -1.00. The molecule has 0 radical (unpaired) electrons. The third kappa shape index (κ3) is 1.44. The summed E-state index contributed by atoms with van der Waals surface area (Å²) < 4.78 is 0. The van der Waals surface area contributed by atoms with Crippen LogP contribution in [0.1, 0.15) is 6.42 Å². The molecule has 3 nitrogen and oxygen atoms in total. The molecule has 3 rings (SSSR count). The zero-order valence-corrected chi connectivity index (χ0v) is 10.0. The lowest BCUT2D eigenvalue weighted by Crippen LogP contribution is -2.30. The molecule has 0 amide bonds. The quantitative estimate of drug-likeness (QED) is 0.707. The minimum atomic E-state index is -0.390. The Morgan fingerprint density at radius 2 is 2.38 bits per heavy atom. The van der Waals surface area contributed by atoms with Crippen molar-refractivity contribution in [1.29, 1.82) is 0 Å². The molecule has 2 aliphatic heterocycles. The Morgan fingerprint density at radius 1 is 1.56 bits per heavy atom. The molecule has 0 N–H and O–H groups in total. The van der Waals surface area contributed by atoms with E-state index in [9.17, 15) is 4.79 Å². The van der Waals surface area contributed by atoms with Crippen LogP contribution in [-0.4, -0.2) is 28.4 Å². The minimum absolute atomic E-state index is 0.390. The first kappa shape index (κ1) is 10.2. The summed E-state index contributed by atoms with van der Waals surface area (Å²) in [6.07, 6.45) is 6.97. The van der Waals surface area contributed by atoms with Crippen LogP contribution >= 0.6 is 23.4 Å². The van der Waals surface area contributed by atoms with Gasteiger partial charge in [0.05, 0.1) is 10.6 Å². The van der Waals surface area contributed by atoms with Crippen LogP contribution in [0.2, 0.25) is 0 Å². The van der Waals surface area contributed by atoms with Crippen LogP contribution in [0.3, 0.4) is 0 Å². The van der Waals surface area contributed by atoms with Crippen LogP contribution < -0.4 is 0 Å². The van der Waals surface area contributed by atoms with E-state index in [1.165, 1.54) is 11.8 Å². The van der Waals surface area contributed by atoms with Gasteiger partial charge in [-0.1, -0.05) is 18.2 Å². The van der Waals surface area contributed by atoms with E-state index >= 15 is 0 Å². The first-order chi connectivity index (χ1) is 7.77. The zero-order valence-electron chi connectivity index (χ0n) is 8.44. The maximum Gasteiger partial charge on any atom is 0.261 e. The standard InChI is InChI=1S/C11H9ClN2OS/c12-10(15)9-8(7-3-1-4-7)14-6-2-5-13-11(14)16-9/h1,3-4H,2,5-6H2. The van der Waals surface area contributed by atoms with Crippen molar-refractivity contribution in [2.24, 2.45) is 4.99 Å². The molecule has 0 aromatic rings. The smallest absolute Gasteiger partial charge is 0.261 e. The van der Waals surface area contributed by atoms with Crippen molar-refractivity contribution in [2.75, 3.05) is 13.1 Å². The van der Waals surface area contributed by atoms with Crippen molar-refractivity contribution >= 4 is 33.8 Å². The molecule has 0 aromatic carbocycles. The predicted octanol–water partition coefficient (Wildman–Crippen LogP) is 2.27. The number of hydrogen-bond donors (Lipinski definition) is 0. The lowest BCUT2D eigenvalue weighted by molar-refractivity contribution is -0.108. The number of carbonyl (C=O) groups excluding carboxylic acids is 1. The zero-order chi connectivity index (χ0) is 11.1. The monoisotopic (exact) mass is 252 g/mol. The normalized spacial score (nSPS) is 22.7. The fraction of sp³-hybridized carbons (Fsp3) is 0.273. The Morgan fingerprint density at radius 3 is 3.00 bits per heavy atom. The van der Waals surface area contributed by atoms with E-state index < -0.39 is 5.24 Å². The Balaban J connectivity index is 2.05. The van der Waals surface area contributed by atoms with E-state index in [1.54, 1.807) is 0 Å². The van der Waals surface area contributed by atoms with E-state index in [-0.39, 0.29) is 0 Å². The largest absolute Gasteiger partial charge is 0.319 e. The Kier molecular flexibility index (Phi) is 2.41. The molecule has 2 heterocycles. The number of thioether (sulfide) groups is 1. The van der Waals surface area contributed by atoms with Crippen LogP contribution in [0.15, 0.2) is 39.4 Å². The fourth-order valence-corrected chi connectivity index (χ4v) is 3.15. The molecule has 0 atom stereocenters. The SMILES string of the molecule is O=C(Cl)C1=C(C2=CC=C2)N2CCCN=C2S1. The van der Waals surface area contributed by atoms with Crippen molar-refractivity contribution < 1.29 is 4.79 Å². The van der Waals surface area contributed by atoms with Crippen molar-refractivity contribution in [3.05, 3.63) is 34.4 Å². The molecular weight excluding hydrogens is 244 g/mol. The number of halogens is 1. The maximum absolute atomic E-state index is 11.4. The van der Waals surface area contributed by atoms with Crippen molar-refractivity contribution in [2.45, 2.75) is 6.42 Å². The van der Waals surface area contributed by atoms with E-state index in [1.807, 2.05) is 18.2 Å². The number of nitrogens with zero attached hydrogens (tertiary/aromatic N) is 2. The average Bonchev–Trinajstić information content (AvgIpc) is 2.56. The molecule has 5 heteroatoms. The third-order valence-corrected chi connectivity index (χ3v) is 4.12. The second-order valence-electron chi connectivity index (χ2n) is 3.70. The van der Waals surface area contributed by atoms with Gasteiger partial charge >= 0.3 is 0 Å². The molecule has 0 spiro atoms. The van der Waals surface area contributed by atoms with Crippen LogP contribution in [0.4, 0.5) is 0 Å². The second-order valence-corrected chi connectivity index (χ2v) is 5.02. The summed E-state index contributed by atoms with van der Waals surface area (Å²) >= 11 is 7.01. The summed E-state index contributed by atoms with van der Waals surface area (Å²) in [4.78, 5) is 18.5. The summed E-state index contributed by atoms with van der Waals surface area (Å²) in [6, 6.07) is 0. The number of fused-ring (bicyclic) bond motifs is 1. The van der Waals surface area contributed by atoms with Crippen LogP contribution in [0.25, 0.3) is 0 Å². The highest BCUT2D eigenvalue weighted by Gasteiger charge is 2.35. The van der Waals surface area contributed by atoms with E-state index in [2.05, 4.69) is 9.89 Å². The molecule has 0 aromatic heterocycles.